The van der Waals surface area contributed by atoms with Crippen molar-refractivity contribution < 1.29 is 9.47 Å². The van der Waals surface area contributed by atoms with Crippen molar-refractivity contribution in [3.8, 4) is 11.5 Å². The van der Waals surface area contributed by atoms with Gasteiger partial charge in [0.2, 0.25) is 0 Å². The van der Waals surface area contributed by atoms with Crippen LogP contribution in [0.25, 0.3) is 0 Å². The van der Waals surface area contributed by atoms with Gasteiger partial charge in [0.1, 0.15) is 18.1 Å². The average molecular weight is 384 g/mol. The van der Waals surface area contributed by atoms with E-state index in [1.54, 1.807) is 7.11 Å². The fourth-order valence-electron chi connectivity index (χ4n) is 2.85. The van der Waals surface area contributed by atoms with Gasteiger partial charge in [-0.15, -0.1) is 12.4 Å². The van der Waals surface area contributed by atoms with Crippen LogP contribution in [0.3, 0.4) is 0 Å². The SMILES string of the molecule is COc1ccccc1CCNCc1cccc(OCc2ccccc2)c1.Cl. The Labute approximate surface area is 167 Å². The van der Waals surface area contributed by atoms with Crippen molar-refractivity contribution >= 4 is 12.4 Å². The van der Waals surface area contributed by atoms with Crippen molar-refractivity contribution in [2.45, 2.75) is 19.6 Å². The molecule has 142 valence electrons. The highest BCUT2D eigenvalue weighted by Crippen LogP contribution is 2.18. The van der Waals surface area contributed by atoms with E-state index in [1.807, 2.05) is 48.5 Å². The van der Waals surface area contributed by atoms with Gasteiger partial charge >= 0.3 is 0 Å². The standard InChI is InChI=1S/C23H25NO2.ClH/c1-25-23-13-6-5-11-21(23)14-15-24-17-20-10-7-12-22(16-20)26-18-19-8-3-2-4-9-19;/h2-13,16,24H,14-15,17-18H2,1H3;1H. The van der Waals surface area contributed by atoms with Gasteiger partial charge in [0, 0.05) is 6.54 Å². The second-order valence-corrected chi connectivity index (χ2v) is 6.16. The Balaban J connectivity index is 0.00000261. The molecule has 27 heavy (non-hydrogen) atoms. The maximum atomic E-state index is 5.89. The van der Waals surface area contributed by atoms with Crippen LogP contribution >= 0.6 is 12.4 Å². The molecule has 3 aromatic carbocycles. The first-order valence-electron chi connectivity index (χ1n) is 8.93. The summed E-state index contributed by atoms with van der Waals surface area (Å²) in [7, 11) is 1.72. The normalized spacial score (nSPS) is 10.1. The Morgan fingerprint density at radius 2 is 1.56 bits per heavy atom. The molecule has 0 heterocycles. The van der Waals surface area contributed by atoms with E-state index in [2.05, 4.69) is 35.6 Å². The molecule has 3 rings (SSSR count). The summed E-state index contributed by atoms with van der Waals surface area (Å²) in [5.41, 5.74) is 3.62. The number of benzene rings is 3. The van der Waals surface area contributed by atoms with Gasteiger partial charge in [0.05, 0.1) is 7.11 Å². The smallest absolute Gasteiger partial charge is 0.122 e. The third-order valence-electron chi connectivity index (χ3n) is 4.24. The Morgan fingerprint density at radius 3 is 2.37 bits per heavy atom. The van der Waals surface area contributed by atoms with E-state index < -0.39 is 0 Å². The second kappa shape index (κ2) is 11.3. The molecule has 0 amide bonds. The predicted octanol–water partition coefficient (Wildman–Crippen LogP) is 5.03. The predicted molar refractivity (Wildman–Crippen MR) is 113 cm³/mol. The van der Waals surface area contributed by atoms with Crippen molar-refractivity contribution in [3.05, 3.63) is 95.6 Å². The molecule has 0 saturated carbocycles. The molecule has 0 spiro atoms. The highest BCUT2D eigenvalue weighted by atomic mass is 35.5. The highest BCUT2D eigenvalue weighted by Gasteiger charge is 2.02. The van der Waals surface area contributed by atoms with Crippen LogP contribution in [0.4, 0.5) is 0 Å². The van der Waals surface area contributed by atoms with Crippen LogP contribution < -0.4 is 14.8 Å². The number of nitrogens with one attached hydrogen (secondary N) is 1. The summed E-state index contributed by atoms with van der Waals surface area (Å²) in [5, 5.41) is 3.49. The Bertz CT molecular complexity index is 808. The summed E-state index contributed by atoms with van der Waals surface area (Å²) in [6.45, 7) is 2.30. The summed E-state index contributed by atoms with van der Waals surface area (Å²) in [4.78, 5) is 0. The molecule has 1 N–H and O–H groups in total. The van der Waals surface area contributed by atoms with Crippen LogP contribution in [0.1, 0.15) is 16.7 Å². The fourth-order valence-corrected chi connectivity index (χ4v) is 2.85. The van der Waals surface area contributed by atoms with E-state index in [9.17, 15) is 0 Å². The number of hydrogen-bond donors (Lipinski definition) is 1. The Kier molecular flexibility index (Phi) is 8.69. The van der Waals surface area contributed by atoms with Gasteiger partial charge in [-0.3, -0.25) is 0 Å². The number of rotatable bonds is 9. The minimum absolute atomic E-state index is 0. The van der Waals surface area contributed by atoms with E-state index in [4.69, 9.17) is 9.47 Å². The Morgan fingerprint density at radius 1 is 0.815 bits per heavy atom. The van der Waals surface area contributed by atoms with Gasteiger partial charge in [0.25, 0.3) is 0 Å². The van der Waals surface area contributed by atoms with Crippen LogP contribution in [0.15, 0.2) is 78.9 Å². The van der Waals surface area contributed by atoms with Crippen molar-refractivity contribution in [3.63, 3.8) is 0 Å². The van der Waals surface area contributed by atoms with Gasteiger partial charge in [-0.25, -0.2) is 0 Å². The first-order chi connectivity index (χ1) is 12.8. The van der Waals surface area contributed by atoms with Crippen LogP contribution in [-0.2, 0) is 19.6 Å². The van der Waals surface area contributed by atoms with Crippen LogP contribution in [0.2, 0.25) is 0 Å². The lowest BCUT2D eigenvalue weighted by Gasteiger charge is -2.10. The molecule has 3 aromatic rings. The maximum Gasteiger partial charge on any atom is 0.122 e. The lowest BCUT2D eigenvalue weighted by atomic mass is 10.1. The summed E-state index contributed by atoms with van der Waals surface area (Å²) >= 11 is 0. The lowest BCUT2D eigenvalue weighted by Crippen LogP contribution is -2.17. The molecule has 0 radical (unpaired) electrons. The largest absolute Gasteiger partial charge is 0.496 e. The molecule has 0 aliphatic rings. The van der Waals surface area contributed by atoms with Crippen molar-refractivity contribution in [2.75, 3.05) is 13.7 Å². The molecule has 3 nitrogen and oxygen atoms in total. The number of halogens is 1. The molecule has 0 atom stereocenters. The Hall–Kier alpha value is -2.49. The average Bonchev–Trinajstić information content (AvgIpc) is 2.71. The first kappa shape index (κ1) is 20.8. The second-order valence-electron chi connectivity index (χ2n) is 6.16. The minimum atomic E-state index is 0. The van der Waals surface area contributed by atoms with Gasteiger partial charge in [0.15, 0.2) is 0 Å². The molecule has 0 saturated heterocycles. The monoisotopic (exact) mass is 383 g/mol. The molecule has 0 bridgehead atoms. The zero-order chi connectivity index (χ0) is 18.0. The number of ether oxygens (including phenoxy) is 2. The zero-order valence-corrected chi connectivity index (χ0v) is 16.4. The third-order valence-corrected chi connectivity index (χ3v) is 4.24. The topological polar surface area (TPSA) is 30.5 Å². The van der Waals surface area contributed by atoms with Crippen molar-refractivity contribution in [1.29, 1.82) is 0 Å². The van der Waals surface area contributed by atoms with Crippen molar-refractivity contribution in [1.82, 2.24) is 5.32 Å². The van der Waals surface area contributed by atoms with Gasteiger partial charge < -0.3 is 14.8 Å². The van der Waals surface area contributed by atoms with E-state index >= 15 is 0 Å². The molecule has 0 fully saturated rings. The van der Waals surface area contributed by atoms with Gasteiger partial charge in [-0.1, -0.05) is 60.7 Å². The number of methoxy groups -OCH3 is 1. The molecular formula is C23H26ClNO2. The molecule has 0 aliphatic carbocycles. The summed E-state index contributed by atoms with van der Waals surface area (Å²) in [6, 6.07) is 26.6. The van der Waals surface area contributed by atoms with Crippen LogP contribution in [0.5, 0.6) is 11.5 Å². The minimum Gasteiger partial charge on any atom is -0.496 e. The summed E-state index contributed by atoms with van der Waals surface area (Å²) < 4.78 is 11.3. The van der Waals surface area contributed by atoms with Crippen LogP contribution in [0, 0.1) is 0 Å². The molecule has 0 unspecified atom stereocenters. The van der Waals surface area contributed by atoms with E-state index in [1.165, 1.54) is 16.7 Å². The fraction of sp³-hybridized carbons (Fsp3) is 0.217. The molecular weight excluding hydrogens is 358 g/mol. The molecule has 4 heteroatoms. The highest BCUT2D eigenvalue weighted by molar-refractivity contribution is 5.85. The van der Waals surface area contributed by atoms with E-state index in [-0.39, 0.29) is 12.4 Å². The van der Waals surface area contributed by atoms with E-state index in [0.717, 1.165) is 31.0 Å². The van der Waals surface area contributed by atoms with Gasteiger partial charge in [-0.2, -0.15) is 0 Å². The molecule has 0 aliphatic heterocycles. The first-order valence-corrected chi connectivity index (χ1v) is 8.93. The lowest BCUT2D eigenvalue weighted by molar-refractivity contribution is 0.306. The number of hydrogen-bond acceptors (Lipinski definition) is 3. The summed E-state index contributed by atoms with van der Waals surface area (Å²) in [6.07, 6.45) is 0.939. The van der Waals surface area contributed by atoms with Gasteiger partial charge in [-0.05, 0) is 47.9 Å². The number of para-hydroxylation sites is 1. The van der Waals surface area contributed by atoms with Crippen LogP contribution in [-0.4, -0.2) is 13.7 Å². The maximum absolute atomic E-state index is 5.89. The quantitative estimate of drug-likeness (QED) is 0.526. The van der Waals surface area contributed by atoms with Crippen molar-refractivity contribution in [2.24, 2.45) is 0 Å². The molecule has 0 aromatic heterocycles. The van der Waals surface area contributed by atoms with E-state index in [0.29, 0.717) is 6.61 Å². The third kappa shape index (κ3) is 6.63. The summed E-state index contributed by atoms with van der Waals surface area (Å²) in [5.74, 6) is 1.85. The zero-order valence-electron chi connectivity index (χ0n) is 15.6.